The first-order valence-corrected chi connectivity index (χ1v) is 8.39. The number of nitrogens with one attached hydrogen (secondary N) is 1. The lowest BCUT2D eigenvalue weighted by Gasteiger charge is -2.21. The molecule has 0 amide bonds. The Balaban J connectivity index is 2.08. The van der Waals surface area contributed by atoms with Gasteiger partial charge in [0.1, 0.15) is 0 Å². The highest BCUT2D eigenvalue weighted by Gasteiger charge is 2.08. The van der Waals surface area contributed by atoms with Crippen LogP contribution < -0.4 is 5.32 Å². The van der Waals surface area contributed by atoms with Crippen molar-refractivity contribution in [2.45, 2.75) is 26.9 Å². The highest BCUT2D eigenvalue weighted by atomic mass is 32.1. The van der Waals surface area contributed by atoms with Gasteiger partial charge in [-0.25, -0.2) is 9.98 Å². The highest BCUT2D eigenvalue weighted by molar-refractivity contribution is 7.09. The number of thiazole rings is 1. The van der Waals surface area contributed by atoms with E-state index in [9.17, 15) is 0 Å². The average Bonchev–Trinajstić information content (AvgIpc) is 2.96. The van der Waals surface area contributed by atoms with Crippen molar-refractivity contribution in [1.29, 1.82) is 5.26 Å². The summed E-state index contributed by atoms with van der Waals surface area (Å²) < 4.78 is 0. The van der Waals surface area contributed by atoms with Crippen LogP contribution in [0.5, 0.6) is 0 Å². The van der Waals surface area contributed by atoms with Crippen LogP contribution in [0.1, 0.15) is 28.8 Å². The Labute approximate surface area is 141 Å². The van der Waals surface area contributed by atoms with Crippen LogP contribution in [0.2, 0.25) is 0 Å². The van der Waals surface area contributed by atoms with E-state index in [0.29, 0.717) is 18.7 Å². The van der Waals surface area contributed by atoms with E-state index in [0.717, 1.165) is 28.8 Å². The Morgan fingerprint density at radius 2 is 2.30 bits per heavy atom. The topological polar surface area (TPSA) is 64.3 Å². The van der Waals surface area contributed by atoms with E-state index < -0.39 is 0 Å². The number of hydrogen-bond donors (Lipinski definition) is 1. The maximum Gasteiger partial charge on any atom is 0.194 e. The molecule has 0 aliphatic carbocycles. The summed E-state index contributed by atoms with van der Waals surface area (Å²) in [6, 6.07) is 9.70. The van der Waals surface area contributed by atoms with Gasteiger partial charge in [-0.2, -0.15) is 5.26 Å². The largest absolute Gasteiger partial charge is 0.357 e. The van der Waals surface area contributed by atoms with Gasteiger partial charge in [0.05, 0.1) is 35.4 Å². The standard InChI is InChI=1S/C17H21N5S/c1-4-19-17(22(3)11-16-12-23-13(2)21-16)20-10-15-7-5-6-14(8-15)9-18/h5-8,12H,4,10-11H2,1-3H3,(H,19,20). The van der Waals surface area contributed by atoms with Crippen LogP contribution in [-0.2, 0) is 13.1 Å². The maximum atomic E-state index is 8.97. The molecule has 6 heteroatoms. The normalized spacial score (nSPS) is 11.1. The molecule has 0 fully saturated rings. The van der Waals surface area contributed by atoms with Crippen molar-refractivity contribution in [3.63, 3.8) is 0 Å². The molecular formula is C17H21N5S. The Kier molecular flexibility index (Phi) is 6.12. The first-order chi connectivity index (χ1) is 11.1. The fourth-order valence-electron chi connectivity index (χ4n) is 2.17. The molecule has 0 unspecified atom stereocenters. The molecule has 5 nitrogen and oxygen atoms in total. The van der Waals surface area contributed by atoms with Gasteiger partial charge in [-0.15, -0.1) is 11.3 Å². The fourth-order valence-corrected chi connectivity index (χ4v) is 2.78. The molecule has 120 valence electrons. The van der Waals surface area contributed by atoms with Gasteiger partial charge in [0.25, 0.3) is 0 Å². The van der Waals surface area contributed by atoms with Crippen molar-refractivity contribution >= 4 is 17.3 Å². The Bertz CT molecular complexity index is 714. The number of nitriles is 1. The lowest BCUT2D eigenvalue weighted by Crippen LogP contribution is -2.38. The monoisotopic (exact) mass is 327 g/mol. The zero-order valence-corrected chi connectivity index (χ0v) is 14.5. The van der Waals surface area contributed by atoms with E-state index >= 15 is 0 Å². The molecular weight excluding hydrogens is 306 g/mol. The zero-order chi connectivity index (χ0) is 16.7. The van der Waals surface area contributed by atoms with Crippen molar-refractivity contribution in [2.75, 3.05) is 13.6 Å². The SMILES string of the molecule is CCNC(=NCc1cccc(C#N)c1)N(C)Cc1csc(C)n1. The van der Waals surface area contributed by atoms with Crippen molar-refractivity contribution in [1.82, 2.24) is 15.2 Å². The third kappa shape index (κ3) is 5.08. The molecule has 0 aliphatic heterocycles. The molecule has 0 radical (unpaired) electrons. The molecule has 1 heterocycles. The molecule has 0 saturated heterocycles. The van der Waals surface area contributed by atoms with Crippen LogP contribution in [0.4, 0.5) is 0 Å². The third-order valence-corrected chi connectivity index (χ3v) is 4.05. The number of aliphatic imine (C=N–C) groups is 1. The highest BCUT2D eigenvalue weighted by Crippen LogP contribution is 2.10. The summed E-state index contributed by atoms with van der Waals surface area (Å²) in [5.41, 5.74) is 2.73. The summed E-state index contributed by atoms with van der Waals surface area (Å²) in [5, 5.41) is 15.4. The molecule has 0 atom stereocenters. The van der Waals surface area contributed by atoms with Gasteiger partial charge < -0.3 is 10.2 Å². The van der Waals surface area contributed by atoms with E-state index in [-0.39, 0.29) is 0 Å². The van der Waals surface area contributed by atoms with Crippen LogP contribution >= 0.6 is 11.3 Å². The van der Waals surface area contributed by atoms with Gasteiger partial charge in [-0.05, 0) is 31.5 Å². The molecule has 23 heavy (non-hydrogen) atoms. The Morgan fingerprint density at radius 3 is 2.96 bits per heavy atom. The number of benzene rings is 1. The van der Waals surface area contributed by atoms with Crippen molar-refractivity contribution in [2.24, 2.45) is 4.99 Å². The second-order valence-corrected chi connectivity index (χ2v) is 6.26. The van der Waals surface area contributed by atoms with Crippen LogP contribution in [-0.4, -0.2) is 29.4 Å². The van der Waals surface area contributed by atoms with Crippen molar-refractivity contribution in [3.05, 3.63) is 51.5 Å². The molecule has 2 aromatic rings. The third-order valence-electron chi connectivity index (χ3n) is 3.23. The lowest BCUT2D eigenvalue weighted by atomic mass is 10.1. The minimum absolute atomic E-state index is 0.540. The smallest absolute Gasteiger partial charge is 0.194 e. The molecule has 1 aromatic carbocycles. The number of hydrogen-bond acceptors (Lipinski definition) is 4. The second-order valence-electron chi connectivity index (χ2n) is 5.20. The predicted octanol–water partition coefficient (Wildman–Crippen LogP) is 2.92. The van der Waals surface area contributed by atoms with Gasteiger partial charge in [0, 0.05) is 19.0 Å². The summed E-state index contributed by atoms with van der Waals surface area (Å²) in [5.74, 6) is 0.834. The fraction of sp³-hybridized carbons (Fsp3) is 0.353. The summed E-state index contributed by atoms with van der Waals surface area (Å²) in [6.07, 6.45) is 0. The molecule has 2 rings (SSSR count). The van der Waals surface area contributed by atoms with Crippen LogP contribution in [0.25, 0.3) is 0 Å². The minimum atomic E-state index is 0.540. The van der Waals surface area contributed by atoms with Gasteiger partial charge in [-0.3, -0.25) is 0 Å². The Hall–Kier alpha value is -2.39. The number of rotatable bonds is 5. The molecule has 0 aliphatic rings. The molecule has 1 N–H and O–H groups in total. The van der Waals surface area contributed by atoms with E-state index in [1.54, 1.807) is 17.4 Å². The van der Waals surface area contributed by atoms with Crippen molar-refractivity contribution < 1.29 is 0 Å². The van der Waals surface area contributed by atoms with E-state index in [1.807, 2.05) is 39.1 Å². The van der Waals surface area contributed by atoms with Gasteiger partial charge in [-0.1, -0.05) is 12.1 Å². The van der Waals surface area contributed by atoms with E-state index in [1.165, 1.54) is 0 Å². The first kappa shape index (κ1) is 17.0. The molecule has 1 aromatic heterocycles. The van der Waals surface area contributed by atoms with Gasteiger partial charge in [0.2, 0.25) is 0 Å². The summed E-state index contributed by atoms with van der Waals surface area (Å²) >= 11 is 1.66. The number of aromatic nitrogens is 1. The van der Waals surface area contributed by atoms with Gasteiger partial charge in [0.15, 0.2) is 5.96 Å². The number of nitrogens with zero attached hydrogens (tertiary/aromatic N) is 4. The van der Waals surface area contributed by atoms with E-state index in [4.69, 9.17) is 5.26 Å². The summed E-state index contributed by atoms with van der Waals surface area (Å²) in [4.78, 5) is 11.2. The van der Waals surface area contributed by atoms with Gasteiger partial charge >= 0.3 is 0 Å². The quantitative estimate of drug-likeness (QED) is 0.677. The van der Waals surface area contributed by atoms with Crippen LogP contribution in [0, 0.1) is 18.3 Å². The minimum Gasteiger partial charge on any atom is -0.357 e. The van der Waals surface area contributed by atoms with Crippen molar-refractivity contribution in [3.8, 4) is 6.07 Å². The number of aryl methyl sites for hydroxylation is 1. The second kappa shape index (κ2) is 8.30. The Morgan fingerprint density at radius 1 is 1.48 bits per heavy atom. The maximum absolute atomic E-state index is 8.97. The predicted molar refractivity (Wildman–Crippen MR) is 94.3 cm³/mol. The average molecular weight is 327 g/mol. The molecule has 0 bridgehead atoms. The molecule has 0 saturated carbocycles. The lowest BCUT2D eigenvalue weighted by molar-refractivity contribution is 0.471. The zero-order valence-electron chi connectivity index (χ0n) is 13.7. The van der Waals surface area contributed by atoms with Crippen LogP contribution in [0.3, 0.4) is 0 Å². The molecule has 0 spiro atoms. The number of guanidine groups is 1. The van der Waals surface area contributed by atoms with Crippen LogP contribution in [0.15, 0.2) is 34.6 Å². The van der Waals surface area contributed by atoms with E-state index in [2.05, 4.69) is 31.6 Å². The summed E-state index contributed by atoms with van der Waals surface area (Å²) in [6.45, 7) is 6.12. The summed E-state index contributed by atoms with van der Waals surface area (Å²) in [7, 11) is 2.00. The first-order valence-electron chi connectivity index (χ1n) is 7.52.